The van der Waals surface area contributed by atoms with Gasteiger partial charge in [-0.15, -0.1) is 0 Å². The topological polar surface area (TPSA) is 18.5 Å². The van der Waals surface area contributed by atoms with Crippen molar-refractivity contribution in [1.29, 1.82) is 0 Å². The Labute approximate surface area is 125 Å². The van der Waals surface area contributed by atoms with E-state index in [1.807, 2.05) is 0 Å². The third-order valence-electron chi connectivity index (χ3n) is 4.85. The second-order valence-electron chi connectivity index (χ2n) is 6.68. The Morgan fingerprint density at radius 3 is 1.30 bits per heavy atom. The first-order chi connectivity index (χ1) is 9.95. The highest BCUT2D eigenvalue weighted by atomic mass is 16.5. The number of ether oxygens (including phenoxy) is 2. The van der Waals surface area contributed by atoms with Gasteiger partial charge in [-0.1, -0.05) is 51.4 Å². The second-order valence-corrected chi connectivity index (χ2v) is 6.68. The molecule has 0 aromatic rings. The molecule has 0 aromatic carbocycles. The summed E-state index contributed by atoms with van der Waals surface area (Å²) in [6.45, 7) is 1.96. The van der Waals surface area contributed by atoms with E-state index >= 15 is 0 Å². The largest absolute Gasteiger partial charge is 0.378 e. The van der Waals surface area contributed by atoms with Gasteiger partial charge in [0, 0.05) is 13.2 Å². The van der Waals surface area contributed by atoms with Crippen LogP contribution in [0, 0.1) is 0 Å². The van der Waals surface area contributed by atoms with Gasteiger partial charge in [-0.05, 0) is 38.5 Å². The Morgan fingerprint density at radius 1 is 0.500 bits per heavy atom. The zero-order chi connectivity index (χ0) is 13.9. The molecule has 0 amide bonds. The van der Waals surface area contributed by atoms with Crippen molar-refractivity contribution in [3.8, 4) is 0 Å². The molecule has 0 N–H and O–H groups in total. The summed E-state index contributed by atoms with van der Waals surface area (Å²) in [4.78, 5) is 0. The molecule has 0 radical (unpaired) electrons. The average molecular weight is 282 g/mol. The van der Waals surface area contributed by atoms with Crippen molar-refractivity contribution in [3.05, 3.63) is 0 Å². The van der Waals surface area contributed by atoms with Crippen LogP contribution in [0.4, 0.5) is 0 Å². The van der Waals surface area contributed by atoms with E-state index in [9.17, 15) is 0 Å². The third-order valence-corrected chi connectivity index (χ3v) is 4.85. The first-order valence-electron chi connectivity index (χ1n) is 9.18. The van der Waals surface area contributed by atoms with Crippen LogP contribution in [0.3, 0.4) is 0 Å². The van der Waals surface area contributed by atoms with Crippen LogP contribution in [0.1, 0.15) is 89.9 Å². The third kappa shape index (κ3) is 7.08. The van der Waals surface area contributed by atoms with Gasteiger partial charge in [0.15, 0.2) is 0 Å². The van der Waals surface area contributed by atoms with E-state index in [2.05, 4.69) is 0 Å². The van der Waals surface area contributed by atoms with E-state index in [0.717, 1.165) is 13.2 Å². The summed E-state index contributed by atoms with van der Waals surface area (Å²) in [5.74, 6) is 0. The number of unbranched alkanes of at least 4 members (excludes halogenated alkanes) is 3. The van der Waals surface area contributed by atoms with Crippen molar-refractivity contribution in [3.63, 3.8) is 0 Å². The number of hydrogen-bond donors (Lipinski definition) is 0. The molecule has 0 spiro atoms. The lowest BCUT2D eigenvalue weighted by atomic mass is 9.98. The standard InChI is InChI=1S/C18H34O2/c1(9-15-19-17-11-5-3-6-12-17)2-10-16-20-18-13-7-4-8-14-18/h17-18H,1-16H2. The fraction of sp³-hybridized carbons (Fsp3) is 1.00. The van der Waals surface area contributed by atoms with Gasteiger partial charge in [0.1, 0.15) is 0 Å². The van der Waals surface area contributed by atoms with Crippen LogP contribution in [0.2, 0.25) is 0 Å². The minimum atomic E-state index is 0.582. The van der Waals surface area contributed by atoms with Crippen LogP contribution >= 0.6 is 0 Å². The summed E-state index contributed by atoms with van der Waals surface area (Å²) in [5.41, 5.74) is 0. The molecule has 0 aliphatic heterocycles. The van der Waals surface area contributed by atoms with E-state index in [0.29, 0.717) is 12.2 Å². The Bertz CT molecular complexity index is 193. The minimum absolute atomic E-state index is 0.582. The van der Waals surface area contributed by atoms with Crippen molar-refractivity contribution in [2.45, 2.75) is 102 Å². The van der Waals surface area contributed by atoms with Crippen LogP contribution in [0.15, 0.2) is 0 Å². The maximum atomic E-state index is 5.95. The molecule has 2 nitrogen and oxygen atoms in total. The van der Waals surface area contributed by atoms with E-state index in [4.69, 9.17) is 9.47 Å². The molecule has 0 aromatic heterocycles. The van der Waals surface area contributed by atoms with Crippen molar-refractivity contribution in [2.75, 3.05) is 13.2 Å². The SMILES string of the molecule is C(CCCOC1CCCCC1)CCOC1CCCCC1. The Balaban J connectivity index is 1.33. The quantitative estimate of drug-likeness (QED) is 0.538. The maximum Gasteiger partial charge on any atom is 0.0575 e. The van der Waals surface area contributed by atoms with Crippen LogP contribution in [-0.4, -0.2) is 25.4 Å². The predicted octanol–water partition coefficient (Wildman–Crippen LogP) is 5.25. The normalized spacial score (nSPS) is 22.2. The molecular weight excluding hydrogens is 248 g/mol. The molecule has 2 aliphatic rings. The molecular formula is C18H34O2. The lowest BCUT2D eigenvalue weighted by molar-refractivity contribution is 0.0212. The second kappa shape index (κ2) is 10.6. The summed E-state index contributed by atoms with van der Waals surface area (Å²) in [7, 11) is 0. The molecule has 2 rings (SSSR count). The molecule has 2 aliphatic carbocycles. The highest BCUT2D eigenvalue weighted by Gasteiger charge is 2.13. The van der Waals surface area contributed by atoms with Crippen molar-refractivity contribution >= 4 is 0 Å². The maximum absolute atomic E-state index is 5.95. The van der Waals surface area contributed by atoms with Crippen LogP contribution in [0.5, 0.6) is 0 Å². The highest BCUT2D eigenvalue weighted by molar-refractivity contribution is 4.65. The van der Waals surface area contributed by atoms with Gasteiger partial charge in [0.2, 0.25) is 0 Å². The molecule has 0 bridgehead atoms. The molecule has 2 fully saturated rings. The lowest BCUT2D eigenvalue weighted by Crippen LogP contribution is -2.17. The smallest absolute Gasteiger partial charge is 0.0575 e. The lowest BCUT2D eigenvalue weighted by Gasteiger charge is -2.22. The molecule has 118 valence electrons. The van der Waals surface area contributed by atoms with Crippen molar-refractivity contribution in [1.82, 2.24) is 0 Å². The summed E-state index contributed by atoms with van der Waals surface area (Å²) >= 11 is 0. The zero-order valence-electron chi connectivity index (χ0n) is 13.3. The summed E-state index contributed by atoms with van der Waals surface area (Å²) in [6.07, 6.45) is 19.8. The van der Waals surface area contributed by atoms with E-state index in [-0.39, 0.29) is 0 Å². The highest BCUT2D eigenvalue weighted by Crippen LogP contribution is 2.21. The van der Waals surface area contributed by atoms with E-state index in [1.54, 1.807) is 0 Å². The van der Waals surface area contributed by atoms with E-state index < -0.39 is 0 Å². The molecule has 0 saturated heterocycles. The van der Waals surface area contributed by atoms with Gasteiger partial charge in [0.25, 0.3) is 0 Å². The van der Waals surface area contributed by atoms with Gasteiger partial charge in [0.05, 0.1) is 12.2 Å². The molecule has 2 saturated carbocycles. The number of rotatable bonds is 9. The monoisotopic (exact) mass is 282 g/mol. The van der Waals surface area contributed by atoms with Crippen molar-refractivity contribution < 1.29 is 9.47 Å². The van der Waals surface area contributed by atoms with E-state index in [1.165, 1.54) is 89.9 Å². The molecule has 0 heterocycles. The van der Waals surface area contributed by atoms with Gasteiger partial charge in [-0.25, -0.2) is 0 Å². The fourth-order valence-corrected chi connectivity index (χ4v) is 3.52. The fourth-order valence-electron chi connectivity index (χ4n) is 3.52. The summed E-state index contributed by atoms with van der Waals surface area (Å²) in [5, 5.41) is 0. The predicted molar refractivity (Wildman–Crippen MR) is 84.1 cm³/mol. The van der Waals surface area contributed by atoms with Gasteiger partial charge in [-0.2, -0.15) is 0 Å². The molecule has 0 unspecified atom stereocenters. The summed E-state index contributed by atoms with van der Waals surface area (Å²) < 4.78 is 11.9. The number of hydrogen-bond acceptors (Lipinski definition) is 2. The van der Waals surface area contributed by atoms with Crippen LogP contribution < -0.4 is 0 Å². The zero-order valence-corrected chi connectivity index (χ0v) is 13.3. The van der Waals surface area contributed by atoms with Gasteiger partial charge < -0.3 is 9.47 Å². The molecule has 2 heteroatoms. The Morgan fingerprint density at radius 2 is 0.900 bits per heavy atom. The first-order valence-corrected chi connectivity index (χ1v) is 9.18. The summed E-state index contributed by atoms with van der Waals surface area (Å²) in [6, 6.07) is 0. The Hall–Kier alpha value is -0.0800. The van der Waals surface area contributed by atoms with Crippen LogP contribution in [0.25, 0.3) is 0 Å². The van der Waals surface area contributed by atoms with Gasteiger partial charge >= 0.3 is 0 Å². The molecule has 0 atom stereocenters. The van der Waals surface area contributed by atoms with Gasteiger partial charge in [-0.3, -0.25) is 0 Å². The average Bonchev–Trinajstić information content (AvgIpc) is 2.52. The first kappa shape index (κ1) is 16.3. The Kier molecular flexibility index (Phi) is 8.65. The molecule has 20 heavy (non-hydrogen) atoms. The van der Waals surface area contributed by atoms with Crippen molar-refractivity contribution in [2.24, 2.45) is 0 Å². The van der Waals surface area contributed by atoms with Crippen LogP contribution in [-0.2, 0) is 9.47 Å². The minimum Gasteiger partial charge on any atom is -0.378 e.